The zero-order valence-corrected chi connectivity index (χ0v) is 33.6. The number of methoxy groups -OCH3 is 2. The third kappa shape index (κ3) is 31.2. The van der Waals surface area contributed by atoms with Crippen LogP contribution in [0.1, 0.15) is 83.1 Å². The predicted octanol–water partition coefficient (Wildman–Crippen LogP) is 3.73. The van der Waals surface area contributed by atoms with Crippen LogP contribution in [0.5, 0.6) is 0 Å². The van der Waals surface area contributed by atoms with Crippen molar-refractivity contribution in [1.29, 1.82) is 0 Å². The maximum absolute atomic E-state index is 11.4. The average molecular weight is 726 g/mol. The quantitative estimate of drug-likeness (QED) is 0.114. The Morgan fingerprint density at radius 3 is 0.857 bits per heavy atom. The standard InChI is InChI=1S/2C11H20O2.C10H22O5.Ba/c2*1-10(2,3)8(12)7-9(13)11(4,5)6;1-11-3-5-13-7-9-15-10-8-14-6-4-12-2;/h2*7,12H,1-6H3;3-10H2,1-2H3;/q;;;+2/p-2/b8-7+;8-7-;;. The summed E-state index contributed by atoms with van der Waals surface area (Å²) in [5.74, 6) is -0.417. The molecule has 0 N–H and O–H groups in total. The molecule has 244 valence electrons. The summed E-state index contributed by atoms with van der Waals surface area (Å²) in [5.41, 5.74) is -1.83. The summed E-state index contributed by atoms with van der Waals surface area (Å²) in [4.78, 5) is 22.9. The van der Waals surface area contributed by atoms with Gasteiger partial charge in [0.15, 0.2) is 11.6 Å². The normalized spacial score (nSPS) is 12.8. The van der Waals surface area contributed by atoms with Crippen molar-refractivity contribution in [3.8, 4) is 0 Å². The minimum atomic E-state index is -0.457. The fourth-order valence-corrected chi connectivity index (χ4v) is 1.93. The molecule has 42 heavy (non-hydrogen) atoms. The summed E-state index contributed by atoms with van der Waals surface area (Å²) in [6.07, 6.45) is 2.44. The fraction of sp³-hybridized carbons (Fsp3) is 0.812. The first kappa shape index (κ1) is 48.7. The summed E-state index contributed by atoms with van der Waals surface area (Å²) < 4.78 is 25.3. The van der Waals surface area contributed by atoms with E-state index in [-0.39, 0.29) is 72.0 Å². The predicted molar refractivity (Wildman–Crippen MR) is 166 cm³/mol. The van der Waals surface area contributed by atoms with Crippen LogP contribution < -0.4 is 10.2 Å². The number of hydrogen-bond acceptors (Lipinski definition) is 9. The molecule has 0 amide bonds. The Hall–Kier alpha value is -0.209. The molecule has 0 aliphatic carbocycles. The van der Waals surface area contributed by atoms with Crippen LogP contribution >= 0.6 is 0 Å². The van der Waals surface area contributed by atoms with Crippen molar-refractivity contribution < 1.29 is 43.5 Å². The molecule has 0 unspecified atom stereocenters. The number of rotatable bonds is 14. The molecule has 0 aliphatic rings. The molecule has 0 radical (unpaired) electrons. The van der Waals surface area contributed by atoms with Gasteiger partial charge in [-0.3, -0.25) is 9.59 Å². The molecule has 0 aromatic rings. The molecule has 0 aliphatic heterocycles. The summed E-state index contributed by atoms with van der Waals surface area (Å²) in [7, 11) is 3.30. The molecule has 0 saturated carbocycles. The average Bonchev–Trinajstić information content (AvgIpc) is 2.81. The van der Waals surface area contributed by atoms with Crippen molar-refractivity contribution in [3.63, 3.8) is 0 Å². The van der Waals surface area contributed by atoms with Gasteiger partial charge in [-0.25, -0.2) is 0 Å². The SMILES string of the molecule is CC(C)(C)C(=O)/C=C(/[O-])C(C)(C)C.CC(C)(C)C(=O)/C=C(\[O-])C(C)(C)C.COCCOCCOCCOCCOC.[Ba+2]. The molecule has 9 nitrogen and oxygen atoms in total. The molecular weight excluding hydrogens is 666 g/mol. The first-order chi connectivity index (χ1) is 18.5. The Balaban J connectivity index is -0.000000256. The number of carbonyl (C=O) groups excluding carboxylic acids is 2. The van der Waals surface area contributed by atoms with Crippen molar-refractivity contribution in [1.82, 2.24) is 0 Å². The Kier molecular flexibility index (Phi) is 29.0. The van der Waals surface area contributed by atoms with Gasteiger partial charge in [0.05, 0.1) is 52.9 Å². The first-order valence-corrected chi connectivity index (χ1v) is 14.1. The second-order valence-corrected chi connectivity index (χ2v) is 13.6. The molecule has 10 heteroatoms. The third-order valence-electron chi connectivity index (χ3n) is 5.09. The second kappa shape index (κ2) is 25.0. The van der Waals surface area contributed by atoms with E-state index in [0.717, 1.165) is 0 Å². The Morgan fingerprint density at radius 1 is 0.476 bits per heavy atom. The van der Waals surface area contributed by atoms with Gasteiger partial charge < -0.3 is 33.9 Å². The number of carbonyl (C=O) groups is 2. The molecular formula is C32H60BaO9. The minimum Gasteiger partial charge on any atom is -0.875 e. The van der Waals surface area contributed by atoms with Crippen LogP contribution in [0.4, 0.5) is 0 Å². The van der Waals surface area contributed by atoms with Gasteiger partial charge in [0.1, 0.15) is 0 Å². The molecule has 0 heterocycles. The maximum Gasteiger partial charge on any atom is 2.00 e. The van der Waals surface area contributed by atoms with Gasteiger partial charge in [0.2, 0.25) is 0 Å². The van der Waals surface area contributed by atoms with E-state index in [9.17, 15) is 19.8 Å². The van der Waals surface area contributed by atoms with Crippen molar-refractivity contribution in [2.75, 3.05) is 67.1 Å². The molecule has 0 bridgehead atoms. The van der Waals surface area contributed by atoms with E-state index in [1.807, 2.05) is 83.1 Å². The van der Waals surface area contributed by atoms with E-state index >= 15 is 0 Å². The van der Waals surface area contributed by atoms with Crippen LogP contribution in [0.15, 0.2) is 23.7 Å². The van der Waals surface area contributed by atoms with Crippen LogP contribution in [0.25, 0.3) is 0 Å². The first-order valence-electron chi connectivity index (χ1n) is 14.1. The van der Waals surface area contributed by atoms with Crippen LogP contribution in [0.2, 0.25) is 0 Å². The van der Waals surface area contributed by atoms with Gasteiger partial charge in [-0.15, -0.1) is 11.5 Å². The Labute approximate surface area is 297 Å². The van der Waals surface area contributed by atoms with Gasteiger partial charge in [0, 0.05) is 25.0 Å². The molecule has 0 spiro atoms. The van der Waals surface area contributed by atoms with E-state index in [4.69, 9.17) is 23.7 Å². The van der Waals surface area contributed by atoms with Gasteiger partial charge in [-0.1, -0.05) is 83.1 Å². The number of ether oxygens (including phenoxy) is 5. The number of allylic oxidation sites excluding steroid dienone is 4. The van der Waals surface area contributed by atoms with Crippen LogP contribution in [0.3, 0.4) is 0 Å². The zero-order valence-electron chi connectivity index (χ0n) is 29.2. The largest absolute Gasteiger partial charge is 2.00 e. The Morgan fingerprint density at radius 2 is 0.690 bits per heavy atom. The summed E-state index contributed by atoms with van der Waals surface area (Å²) >= 11 is 0. The van der Waals surface area contributed by atoms with Gasteiger partial charge in [-0.2, -0.15) is 0 Å². The number of hydrogen-bond donors (Lipinski definition) is 0. The molecule has 0 fully saturated rings. The van der Waals surface area contributed by atoms with E-state index in [0.29, 0.717) is 52.9 Å². The fourth-order valence-electron chi connectivity index (χ4n) is 1.93. The van der Waals surface area contributed by atoms with Crippen molar-refractivity contribution in [2.24, 2.45) is 21.7 Å². The zero-order chi connectivity index (χ0) is 32.9. The van der Waals surface area contributed by atoms with Crippen LogP contribution in [-0.2, 0) is 33.3 Å². The topological polar surface area (TPSA) is 126 Å². The molecule has 0 aromatic carbocycles. The molecule has 0 atom stereocenters. The smallest absolute Gasteiger partial charge is 0.875 e. The van der Waals surface area contributed by atoms with Crippen LogP contribution in [0, 0.1) is 21.7 Å². The summed E-state index contributed by atoms with van der Waals surface area (Å²) in [6.45, 7) is 26.6. The molecule has 0 rings (SSSR count). The maximum atomic E-state index is 11.4. The minimum absolute atomic E-state index is 0. The van der Waals surface area contributed by atoms with E-state index in [1.54, 1.807) is 14.2 Å². The van der Waals surface area contributed by atoms with Gasteiger partial charge in [0.25, 0.3) is 0 Å². The third-order valence-corrected chi connectivity index (χ3v) is 5.09. The van der Waals surface area contributed by atoms with Crippen LogP contribution in [-0.4, -0.2) is 128 Å². The number of ketones is 2. The summed E-state index contributed by atoms with van der Waals surface area (Å²) in [5, 5.41) is 22.9. The molecule has 0 saturated heterocycles. The van der Waals surface area contributed by atoms with Gasteiger partial charge in [-0.05, 0) is 23.0 Å². The Bertz CT molecular complexity index is 699. The second-order valence-electron chi connectivity index (χ2n) is 13.6. The van der Waals surface area contributed by atoms with E-state index < -0.39 is 21.7 Å². The van der Waals surface area contributed by atoms with Gasteiger partial charge >= 0.3 is 48.9 Å². The van der Waals surface area contributed by atoms with E-state index in [2.05, 4.69) is 0 Å². The van der Waals surface area contributed by atoms with E-state index in [1.165, 1.54) is 12.2 Å². The summed E-state index contributed by atoms with van der Waals surface area (Å²) in [6, 6.07) is 0. The molecule has 0 aromatic heterocycles. The van der Waals surface area contributed by atoms with Crippen molar-refractivity contribution in [2.45, 2.75) is 83.1 Å². The van der Waals surface area contributed by atoms with Crippen molar-refractivity contribution >= 4 is 60.4 Å². The van der Waals surface area contributed by atoms with Crippen molar-refractivity contribution in [3.05, 3.63) is 23.7 Å². The monoisotopic (exact) mass is 726 g/mol.